The molecule has 5 nitrogen and oxygen atoms in total. The highest BCUT2D eigenvalue weighted by Gasteiger charge is 2.28. The maximum atomic E-state index is 13.1. The molecular weight excluding hydrogens is 331 g/mol. The Morgan fingerprint density at radius 3 is 2.12 bits per heavy atom. The van der Waals surface area contributed by atoms with Gasteiger partial charge in [0, 0.05) is 18.2 Å². The normalized spacial score (nSPS) is 13.0. The van der Waals surface area contributed by atoms with Gasteiger partial charge in [-0.15, -0.1) is 0 Å². The van der Waals surface area contributed by atoms with Gasteiger partial charge in [0.05, 0.1) is 4.90 Å². The quantitative estimate of drug-likeness (QED) is 0.870. The van der Waals surface area contributed by atoms with Crippen molar-refractivity contribution in [3.8, 4) is 0 Å². The number of amides is 1. The molecule has 128 valence electrons. The summed E-state index contributed by atoms with van der Waals surface area (Å²) in [5.74, 6) is -0.995. The summed E-state index contributed by atoms with van der Waals surface area (Å²) in [5.41, 5.74) is 6.10. The van der Waals surface area contributed by atoms with Gasteiger partial charge in [-0.3, -0.25) is 4.79 Å². The van der Waals surface area contributed by atoms with Crippen LogP contribution in [0, 0.1) is 5.82 Å². The lowest BCUT2D eigenvalue weighted by Crippen LogP contribution is -2.33. The molecule has 1 amide bonds. The van der Waals surface area contributed by atoms with Gasteiger partial charge >= 0.3 is 0 Å². The SMILES string of the molecule is CCN(C(C)c1ccc(F)cc1)S(=O)(=O)c1ccc(C(N)=O)cc1. The maximum Gasteiger partial charge on any atom is 0.248 e. The number of carbonyl (C=O) groups excluding carboxylic acids is 1. The lowest BCUT2D eigenvalue weighted by atomic mass is 10.1. The van der Waals surface area contributed by atoms with Crippen molar-refractivity contribution >= 4 is 15.9 Å². The molecule has 7 heteroatoms. The Kier molecular flexibility index (Phi) is 5.36. The number of nitrogens with two attached hydrogens (primary N) is 1. The molecule has 2 rings (SSSR count). The first kappa shape index (κ1) is 18.1. The second kappa shape index (κ2) is 7.11. The Morgan fingerprint density at radius 1 is 1.12 bits per heavy atom. The minimum Gasteiger partial charge on any atom is -0.366 e. The number of rotatable bonds is 6. The van der Waals surface area contributed by atoms with Gasteiger partial charge in [-0.1, -0.05) is 19.1 Å². The summed E-state index contributed by atoms with van der Waals surface area (Å²) < 4.78 is 40.1. The molecule has 1 atom stereocenters. The molecule has 0 aliphatic rings. The molecule has 0 spiro atoms. The average Bonchev–Trinajstić information content (AvgIpc) is 2.55. The summed E-state index contributed by atoms with van der Waals surface area (Å²) in [6, 6.07) is 10.7. The molecule has 0 bridgehead atoms. The van der Waals surface area contributed by atoms with Gasteiger partial charge in [-0.2, -0.15) is 4.31 Å². The van der Waals surface area contributed by atoms with E-state index in [1.165, 1.54) is 40.7 Å². The molecule has 2 aromatic rings. The zero-order valence-electron chi connectivity index (χ0n) is 13.4. The lowest BCUT2D eigenvalue weighted by molar-refractivity contribution is 0.1000. The standard InChI is InChI=1S/C17H19FN2O3S/c1-3-20(12(2)13-4-8-15(18)9-5-13)24(22,23)16-10-6-14(7-11-16)17(19)21/h4-12H,3H2,1-2H3,(H2,19,21). The van der Waals surface area contributed by atoms with E-state index in [2.05, 4.69) is 0 Å². The number of carbonyl (C=O) groups is 1. The molecule has 24 heavy (non-hydrogen) atoms. The van der Waals surface area contributed by atoms with Crippen molar-refractivity contribution in [3.63, 3.8) is 0 Å². The minimum absolute atomic E-state index is 0.0725. The second-order valence-electron chi connectivity index (χ2n) is 5.32. The van der Waals surface area contributed by atoms with Gasteiger partial charge in [0.15, 0.2) is 0 Å². The van der Waals surface area contributed by atoms with Crippen LogP contribution in [0.3, 0.4) is 0 Å². The Morgan fingerprint density at radius 2 is 1.67 bits per heavy atom. The number of sulfonamides is 1. The van der Waals surface area contributed by atoms with E-state index < -0.39 is 22.0 Å². The van der Waals surface area contributed by atoms with E-state index >= 15 is 0 Å². The molecule has 0 saturated carbocycles. The van der Waals surface area contributed by atoms with Crippen LogP contribution >= 0.6 is 0 Å². The zero-order chi connectivity index (χ0) is 17.9. The smallest absolute Gasteiger partial charge is 0.248 e. The van der Waals surface area contributed by atoms with E-state index in [9.17, 15) is 17.6 Å². The summed E-state index contributed by atoms with van der Waals surface area (Å²) in [4.78, 5) is 11.2. The first-order chi connectivity index (χ1) is 11.3. The molecular formula is C17H19FN2O3S. The summed E-state index contributed by atoms with van der Waals surface area (Å²) in [5, 5.41) is 0. The monoisotopic (exact) mass is 350 g/mol. The zero-order valence-corrected chi connectivity index (χ0v) is 14.3. The van der Waals surface area contributed by atoms with Crippen molar-refractivity contribution in [2.24, 2.45) is 5.73 Å². The summed E-state index contributed by atoms with van der Waals surface area (Å²) in [7, 11) is -3.76. The van der Waals surface area contributed by atoms with Crippen LogP contribution in [0.5, 0.6) is 0 Å². The van der Waals surface area contributed by atoms with E-state index in [4.69, 9.17) is 5.73 Å². The average molecular weight is 350 g/mol. The molecule has 2 aromatic carbocycles. The molecule has 0 radical (unpaired) electrons. The second-order valence-corrected chi connectivity index (χ2v) is 7.22. The van der Waals surface area contributed by atoms with Crippen LogP contribution in [-0.2, 0) is 10.0 Å². The fourth-order valence-electron chi connectivity index (χ4n) is 2.49. The first-order valence-corrected chi connectivity index (χ1v) is 8.88. The third-order valence-electron chi connectivity index (χ3n) is 3.84. The topological polar surface area (TPSA) is 80.5 Å². The van der Waals surface area contributed by atoms with Crippen LogP contribution in [0.4, 0.5) is 4.39 Å². The van der Waals surface area contributed by atoms with Crippen molar-refractivity contribution in [3.05, 3.63) is 65.5 Å². The van der Waals surface area contributed by atoms with Gasteiger partial charge in [0.2, 0.25) is 15.9 Å². The van der Waals surface area contributed by atoms with Crippen LogP contribution in [0.2, 0.25) is 0 Å². The Labute approximate surface area is 141 Å². The highest BCUT2D eigenvalue weighted by atomic mass is 32.2. The summed E-state index contributed by atoms with van der Waals surface area (Å²) in [6.45, 7) is 3.72. The van der Waals surface area contributed by atoms with E-state index in [-0.39, 0.29) is 22.8 Å². The van der Waals surface area contributed by atoms with Crippen LogP contribution in [-0.4, -0.2) is 25.2 Å². The van der Waals surface area contributed by atoms with Crippen molar-refractivity contribution in [2.45, 2.75) is 24.8 Å². The number of benzene rings is 2. The van der Waals surface area contributed by atoms with Crippen molar-refractivity contribution in [2.75, 3.05) is 6.54 Å². The Balaban J connectivity index is 2.36. The van der Waals surface area contributed by atoms with Gasteiger partial charge in [0.1, 0.15) is 5.82 Å². The Hall–Kier alpha value is -2.25. The molecule has 0 aromatic heterocycles. The number of halogens is 1. The van der Waals surface area contributed by atoms with Crippen molar-refractivity contribution in [1.82, 2.24) is 4.31 Å². The lowest BCUT2D eigenvalue weighted by Gasteiger charge is -2.27. The number of hydrogen-bond acceptors (Lipinski definition) is 3. The molecule has 1 unspecified atom stereocenters. The molecule has 0 fully saturated rings. The fraction of sp³-hybridized carbons (Fsp3) is 0.235. The van der Waals surface area contributed by atoms with Gasteiger partial charge in [0.25, 0.3) is 0 Å². The number of nitrogens with zero attached hydrogens (tertiary/aromatic N) is 1. The predicted octanol–water partition coefficient (Wildman–Crippen LogP) is 2.70. The molecule has 0 aliphatic heterocycles. The maximum absolute atomic E-state index is 13.1. The van der Waals surface area contributed by atoms with Gasteiger partial charge < -0.3 is 5.73 Å². The Bertz CT molecular complexity index is 818. The van der Waals surface area contributed by atoms with E-state index in [0.717, 1.165) is 0 Å². The van der Waals surface area contributed by atoms with Crippen LogP contribution in [0.25, 0.3) is 0 Å². The molecule has 2 N–H and O–H groups in total. The predicted molar refractivity (Wildman–Crippen MR) is 89.3 cm³/mol. The van der Waals surface area contributed by atoms with Crippen LogP contribution in [0.15, 0.2) is 53.4 Å². The van der Waals surface area contributed by atoms with E-state index in [1.807, 2.05) is 0 Å². The van der Waals surface area contributed by atoms with Gasteiger partial charge in [-0.25, -0.2) is 12.8 Å². The molecule has 0 heterocycles. The minimum atomic E-state index is -3.76. The number of primary amides is 1. The molecule has 0 saturated heterocycles. The number of hydrogen-bond donors (Lipinski definition) is 1. The van der Waals surface area contributed by atoms with Crippen molar-refractivity contribution < 1.29 is 17.6 Å². The van der Waals surface area contributed by atoms with Crippen LogP contribution < -0.4 is 5.73 Å². The largest absolute Gasteiger partial charge is 0.366 e. The fourth-order valence-corrected chi connectivity index (χ4v) is 4.11. The molecule has 0 aliphatic carbocycles. The van der Waals surface area contributed by atoms with Crippen LogP contribution in [0.1, 0.15) is 35.8 Å². The third kappa shape index (κ3) is 3.63. The van der Waals surface area contributed by atoms with Crippen molar-refractivity contribution in [1.29, 1.82) is 0 Å². The van der Waals surface area contributed by atoms with E-state index in [1.54, 1.807) is 26.0 Å². The first-order valence-electron chi connectivity index (χ1n) is 7.44. The summed E-state index contributed by atoms with van der Waals surface area (Å²) >= 11 is 0. The van der Waals surface area contributed by atoms with E-state index in [0.29, 0.717) is 5.56 Å². The third-order valence-corrected chi connectivity index (χ3v) is 5.90. The van der Waals surface area contributed by atoms with Gasteiger partial charge in [-0.05, 0) is 48.9 Å². The summed E-state index contributed by atoms with van der Waals surface area (Å²) in [6.07, 6.45) is 0. The highest BCUT2D eigenvalue weighted by molar-refractivity contribution is 7.89. The highest BCUT2D eigenvalue weighted by Crippen LogP contribution is 2.27.